The summed E-state index contributed by atoms with van der Waals surface area (Å²) in [6.45, 7) is 3.56. The van der Waals surface area contributed by atoms with Gasteiger partial charge in [0.2, 0.25) is 0 Å². The van der Waals surface area contributed by atoms with E-state index >= 15 is 0 Å². The predicted octanol–water partition coefficient (Wildman–Crippen LogP) is 3.83. The fraction of sp³-hybridized carbons (Fsp3) is 0.267. The number of nitrogens with one attached hydrogen (secondary N) is 1. The number of carbonyl (C=O) groups excluding carboxylic acids is 1. The molecule has 0 saturated heterocycles. The van der Waals surface area contributed by atoms with Crippen LogP contribution in [0.1, 0.15) is 34.8 Å². The topological polar surface area (TPSA) is 51.5 Å². The molecule has 0 amide bonds. The first-order chi connectivity index (χ1) is 9.92. The molecule has 1 atom stereocenters. The van der Waals surface area contributed by atoms with Crippen LogP contribution in [0.15, 0.2) is 28.7 Å². The minimum atomic E-state index is -0.966. The maximum Gasteiger partial charge on any atom is 0.340 e. The summed E-state index contributed by atoms with van der Waals surface area (Å²) in [5.74, 6) is -1.29. The molecule has 0 aliphatic carbocycles. The fourth-order valence-electron chi connectivity index (χ4n) is 1.92. The van der Waals surface area contributed by atoms with Gasteiger partial charge in [-0.05, 0) is 32.0 Å². The zero-order valence-electron chi connectivity index (χ0n) is 11.9. The van der Waals surface area contributed by atoms with Gasteiger partial charge in [-0.3, -0.25) is 0 Å². The third-order valence-corrected chi connectivity index (χ3v) is 3.02. The summed E-state index contributed by atoms with van der Waals surface area (Å²) < 4.78 is 37.2. The summed E-state index contributed by atoms with van der Waals surface area (Å²) in [6, 6.07) is 4.94. The maximum atomic E-state index is 13.8. The molecule has 0 radical (unpaired) electrons. The van der Waals surface area contributed by atoms with E-state index in [4.69, 9.17) is 4.42 Å². The summed E-state index contributed by atoms with van der Waals surface area (Å²) in [4.78, 5) is 11.4. The third kappa shape index (κ3) is 3.21. The maximum absolute atomic E-state index is 13.8. The number of rotatable bonds is 4. The van der Waals surface area contributed by atoms with E-state index in [0.717, 1.165) is 18.9 Å². The number of carbonyl (C=O) groups is 1. The Balaban J connectivity index is 2.29. The van der Waals surface area contributed by atoms with Gasteiger partial charge in [0.15, 0.2) is 0 Å². The average molecular weight is 295 g/mol. The Labute approximate surface area is 120 Å². The van der Waals surface area contributed by atoms with Gasteiger partial charge in [-0.2, -0.15) is 0 Å². The smallest absolute Gasteiger partial charge is 0.340 e. The Morgan fingerprint density at radius 3 is 2.57 bits per heavy atom. The molecule has 0 aliphatic heterocycles. The summed E-state index contributed by atoms with van der Waals surface area (Å²) in [6.07, 6.45) is 0. The molecular formula is C15H15F2NO3. The molecule has 1 heterocycles. The standard InChI is InChI=1S/C15H15F2NO3/c1-8-4-5-14(21-8)9(2)18-13-6-10(15(19)20-3)11(16)7-12(13)17/h4-7,9,18H,1-3H3. The molecule has 0 saturated carbocycles. The monoisotopic (exact) mass is 295 g/mol. The van der Waals surface area contributed by atoms with Crippen molar-refractivity contribution in [2.45, 2.75) is 19.9 Å². The van der Waals surface area contributed by atoms with Crippen LogP contribution in [0.4, 0.5) is 14.5 Å². The van der Waals surface area contributed by atoms with Crippen molar-refractivity contribution in [2.24, 2.45) is 0 Å². The van der Waals surface area contributed by atoms with Gasteiger partial charge in [-0.15, -0.1) is 0 Å². The highest BCUT2D eigenvalue weighted by Crippen LogP contribution is 2.25. The lowest BCUT2D eigenvalue weighted by Crippen LogP contribution is -2.11. The van der Waals surface area contributed by atoms with Gasteiger partial charge in [0.05, 0.1) is 24.4 Å². The molecule has 1 aromatic heterocycles. The molecule has 0 fully saturated rings. The molecule has 6 heteroatoms. The van der Waals surface area contributed by atoms with Crippen LogP contribution >= 0.6 is 0 Å². The molecule has 21 heavy (non-hydrogen) atoms. The van der Waals surface area contributed by atoms with Gasteiger partial charge in [0.1, 0.15) is 23.2 Å². The van der Waals surface area contributed by atoms with Crippen LogP contribution in [0, 0.1) is 18.6 Å². The molecule has 1 aromatic carbocycles. The number of benzene rings is 1. The molecule has 2 rings (SSSR count). The lowest BCUT2D eigenvalue weighted by Gasteiger charge is -2.15. The van der Waals surface area contributed by atoms with Gasteiger partial charge in [-0.1, -0.05) is 0 Å². The van der Waals surface area contributed by atoms with Crippen molar-refractivity contribution in [3.8, 4) is 0 Å². The summed E-state index contributed by atoms with van der Waals surface area (Å²) in [7, 11) is 1.13. The molecule has 0 spiro atoms. The van der Waals surface area contributed by atoms with Crippen molar-refractivity contribution < 1.29 is 22.7 Å². The number of anilines is 1. The van der Waals surface area contributed by atoms with Crippen molar-refractivity contribution in [3.05, 3.63) is 53.0 Å². The van der Waals surface area contributed by atoms with Gasteiger partial charge >= 0.3 is 5.97 Å². The molecule has 1 N–H and O–H groups in total. The summed E-state index contributed by atoms with van der Waals surface area (Å²) in [5, 5.41) is 2.84. The molecule has 0 aliphatic rings. The van der Waals surface area contributed by atoms with Crippen molar-refractivity contribution in [3.63, 3.8) is 0 Å². The number of esters is 1. The van der Waals surface area contributed by atoms with E-state index in [0.29, 0.717) is 11.8 Å². The Bertz CT molecular complexity index is 667. The number of ether oxygens (including phenoxy) is 1. The first-order valence-corrected chi connectivity index (χ1v) is 6.32. The van der Waals surface area contributed by atoms with Crippen LogP contribution in [-0.4, -0.2) is 13.1 Å². The van der Waals surface area contributed by atoms with Crippen LogP contribution in [0.5, 0.6) is 0 Å². The molecule has 1 unspecified atom stereocenters. The van der Waals surface area contributed by atoms with E-state index in [9.17, 15) is 13.6 Å². The first kappa shape index (κ1) is 15.0. The Kier molecular flexibility index (Phi) is 4.26. The Morgan fingerprint density at radius 2 is 2.00 bits per heavy atom. The lowest BCUT2D eigenvalue weighted by atomic mass is 10.1. The lowest BCUT2D eigenvalue weighted by molar-refractivity contribution is 0.0595. The zero-order chi connectivity index (χ0) is 15.6. The Hall–Kier alpha value is -2.37. The molecule has 2 aromatic rings. The van der Waals surface area contributed by atoms with Crippen LogP contribution in [0.3, 0.4) is 0 Å². The number of furan rings is 1. The quantitative estimate of drug-likeness (QED) is 0.871. The minimum Gasteiger partial charge on any atom is -0.465 e. The predicted molar refractivity (Wildman–Crippen MR) is 73.2 cm³/mol. The van der Waals surface area contributed by atoms with Gasteiger partial charge in [0, 0.05) is 6.07 Å². The van der Waals surface area contributed by atoms with E-state index in [1.165, 1.54) is 0 Å². The van der Waals surface area contributed by atoms with Crippen LogP contribution in [-0.2, 0) is 4.74 Å². The largest absolute Gasteiger partial charge is 0.465 e. The molecule has 112 valence electrons. The van der Waals surface area contributed by atoms with Crippen molar-refractivity contribution in [2.75, 3.05) is 12.4 Å². The normalized spacial score (nSPS) is 12.0. The number of hydrogen-bond acceptors (Lipinski definition) is 4. The van der Waals surface area contributed by atoms with Crippen molar-refractivity contribution in [1.82, 2.24) is 0 Å². The van der Waals surface area contributed by atoms with Crippen molar-refractivity contribution in [1.29, 1.82) is 0 Å². The zero-order valence-corrected chi connectivity index (χ0v) is 11.9. The molecule has 0 bridgehead atoms. The number of aryl methyl sites for hydroxylation is 1. The highest BCUT2D eigenvalue weighted by atomic mass is 19.1. The van der Waals surface area contributed by atoms with E-state index in [2.05, 4.69) is 10.1 Å². The third-order valence-electron chi connectivity index (χ3n) is 3.02. The first-order valence-electron chi connectivity index (χ1n) is 6.32. The second-order valence-corrected chi connectivity index (χ2v) is 4.62. The number of hydrogen-bond donors (Lipinski definition) is 1. The van der Waals surface area contributed by atoms with E-state index < -0.39 is 17.6 Å². The number of halogens is 2. The summed E-state index contributed by atoms with van der Waals surface area (Å²) >= 11 is 0. The average Bonchev–Trinajstić information content (AvgIpc) is 2.87. The van der Waals surface area contributed by atoms with Crippen LogP contribution in [0.2, 0.25) is 0 Å². The van der Waals surface area contributed by atoms with E-state index in [1.54, 1.807) is 26.0 Å². The Morgan fingerprint density at radius 1 is 1.29 bits per heavy atom. The summed E-state index contributed by atoms with van der Waals surface area (Å²) in [5.41, 5.74) is -0.331. The van der Waals surface area contributed by atoms with Crippen LogP contribution < -0.4 is 5.32 Å². The number of methoxy groups -OCH3 is 1. The molecule has 4 nitrogen and oxygen atoms in total. The second-order valence-electron chi connectivity index (χ2n) is 4.62. The fourth-order valence-corrected chi connectivity index (χ4v) is 1.92. The van der Waals surface area contributed by atoms with Gasteiger partial charge in [-0.25, -0.2) is 13.6 Å². The van der Waals surface area contributed by atoms with Gasteiger partial charge in [0.25, 0.3) is 0 Å². The van der Waals surface area contributed by atoms with Crippen molar-refractivity contribution >= 4 is 11.7 Å². The SMILES string of the molecule is COC(=O)c1cc(NC(C)c2ccc(C)o2)c(F)cc1F. The highest BCUT2D eigenvalue weighted by molar-refractivity contribution is 5.90. The van der Waals surface area contributed by atoms with Gasteiger partial charge < -0.3 is 14.5 Å². The minimum absolute atomic E-state index is 0.00152. The van der Waals surface area contributed by atoms with E-state index in [1.807, 2.05) is 0 Å². The second kappa shape index (κ2) is 5.95. The van der Waals surface area contributed by atoms with E-state index in [-0.39, 0.29) is 17.3 Å². The highest BCUT2D eigenvalue weighted by Gasteiger charge is 2.18. The van der Waals surface area contributed by atoms with Crippen LogP contribution in [0.25, 0.3) is 0 Å². The molecular weight excluding hydrogens is 280 g/mol.